The van der Waals surface area contributed by atoms with Crippen LogP contribution < -0.4 is 5.73 Å². The Bertz CT molecular complexity index is 1010. The maximum Gasteiger partial charge on any atom is 0.0975 e. The zero-order valence-corrected chi connectivity index (χ0v) is 16.2. The van der Waals surface area contributed by atoms with E-state index in [1.807, 2.05) is 49.0 Å². The number of hydrogen-bond donors (Lipinski definition) is 1. The van der Waals surface area contributed by atoms with Gasteiger partial charge in [-0.3, -0.25) is 4.68 Å². The molecule has 1 aromatic heterocycles. The van der Waals surface area contributed by atoms with Gasteiger partial charge in [0.15, 0.2) is 0 Å². The molecule has 0 aliphatic carbocycles. The lowest BCUT2D eigenvalue weighted by atomic mass is 9.82. The molecule has 27 heavy (non-hydrogen) atoms. The quantitative estimate of drug-likeness (QED) is 0.695. The van der Waals surface area contributed by atoms with Crippen LogP contribution in [0, 0.1) is 25.2 Å². The minimum absolute atomic E-state index is 0.260. The lowest BCUT2D eigenvalue weighted by molar-refractivity contribution is 0.738. The Morgan fingerprint density at radius 1 is 1.07 bits per heavy atom. The first-order valence-corrected chi connectivity index (χ1v) is 8.95. The zero-order chi connectivity index (χ0) is 19.6. The summed E-state index contributed by atoms with van der Waals surface area (Å²) in [6.07, 6.45) is 0. The number of nitriles is 1. The van der Waals surface area contributed by atoms with Crippen LogP contribution in [0.2, 0.25) is 0 Å². The van der Waals surface area contributed by atoms with Crippen LogP contribution in [-0.2, 0) is 7.05 Å². The predicted octanol–water partition coefficient (Wildman–Crippen LogP) is 4.59. The van der Waals surface area contributed by atoms with Crippen LogP contribution in [0.1, 0.15) is 35.2 Å². The molecule has 0 fully saturated rings. The van der Waals surface area contributed by atoms with Crippen molar-refractivity contribution < 1.29 is 0 Å². The molecule has 2 N–H and O–H groups in total. The Kier molecular flexibility index (Phi) is 5.14. The molecule has 1 atom stereocenters. The molecular weight excluding hydrogens is 332 g/mol. The van der Waals surface area contributed by atoms with Gasteiger partial charge in [-0.15, -0.1) is 0 Å². The SMILES string of the molecule is C/C(N)=C(/C#N)C(c1ccc(C)cc1)c1c(-c2ccccc2)nn(C)c1C. The van der Waals surface area contributed by atoms with Crippen LogP contribution in [0.25, 0.3) is 11.3 Å². The molecule has 3 aromatic rings. The fourth-order valence-corrected chi connectivity index (χ4v) is 3.40. The third kappa shape index (κ3) is 3.50. The Morgan fingerprint density at radius 2 is 1.70 bits per heavy atom. The van der Waals surface area contributed by atoms with E-state index in [0.29, 0.717) is 11.3 Å². The summed E-state index contributed by atoms with van der Waals surface area (Å²) in [5, 5.41) is 14.7. The van der Waals surface area contributed by atoms with Gasteiger partial charge in [0.1, 0.15) is 0 Å². The molecule has 4 nitrogen and oxygen atoms in total. The van der Waals surface area contributed by atoms with Crippen LogP contribution in [-0.4, -0.2) is 9.78 Å². The second-order valence-corrected chi connectivity index (χ2v) is 6.89. The maximum absolute atomic E-state index is 9.89. The Hall–Kier alpha value is -3.32. The van der Waals surface area contributed by atoms with Gasteiger partial charge in [-0.25, -0.2) is 0 Å². The largest absolute Gasteiger partial charge is 0.401 e. The number of nitrogens with two attached hydrogens (primary N) is 1. The Labute approximate surface area is 160 Å². The standard InChI is InChI=1S/C23H24N4/c1-15-10-12-18(13-11-15)22(20(14-24)16(2)25)21-17(3)27(4)26-23(21)19-8-6-5-7-9-19/h5-13,22H,25H2,1-4H3/b20-16+. The van der Waals surface area contributed by atoms with E-state index in [2.05, 4.69) is 37.3 Å². The van der Waals surface area contributed by atoms with Gasteiger partial charge >= 0.3 is 0 Å². The lowest BCUT2D eigenvalue weighted by Crippen LogP contribution is -2.11. The fraction of sp³-hybridized carbons (Fsp3) is 0.217. The molecule has 1 unspecified atom stereocenters. The van der Waals surface area contributed by atoms with E-state index in [-0.39, 0.29) is 5.92 Å². The number of benzene rings is 2. The Balaban J connectivity index is 2.33. The molecule has 0 saturated carbocycles. The van der Waals surface area contributed by atoms with Crippen molar-refractivity contribution in [2.75, 3.05) is 0 Å². The van der Waals surface area contributed by atoms with Crippen molar-refractivity contribution >= 4 is 0 Å². The van der Waals surface area contributed by atoms with Crippen molar-refractivity contribution in [1.82, 2.24) is 9.78 Å². The average Bonchev–Trinajstić information content (AvgIpc) is 2.96. The van der Waals surface area contributed by atoms with Gasteiger partial charge in [-0.1, -0.05) is 60.2 Å². The molecule has 0 amide bonds. The van der Waals surface area contributed by atoms with Crippen molar-refractivity contribution in [3.63, 3.8) is 0 Å². The van der Waals surface area contributed by atoms with Crippen molar-refractivity contribution in [3.8, 4) is 17.3 Å². The summed E-state index contributed by atoms with van der Waals surface area (Å²) in [6.45, 7) is 5.88. The molecule has 1 heterocycles. The molecule has 0 saturated heterocycles. The highest BCUT2D eigenvalue weighted by Crippen LogP contribution is 2.40. The number of nitrogens with zero attached hydrogens (tertiary/aromatic N) is 3. The third-order valence-corrected chi connectivity index (χ3v) is 4.96. The molecule has 136 valence electrons. The maximum atomic E-state index is 9.89. The third-order valence-electron chi connectivity index (χ3n) is 4.96. The summed E-state index contributed by atoms with van der Waals surface area (Å²) in [6, 6.07) is 20.7. The number of hydrogen-bond acceptors (Lipinski definition) is 3. The summed E-state index contributed by atoms with van der Waals surface area (Å²) >= 11 is 0. The second-order valence-electron chi connectivity index (χ2n) is 6.89. The number of allylic oxidation sites excluding steroid dienone is 2. The van der Waals surface area contributed by atoms with Gasteiger partial charge in [0.2, 0.25) is 0 Å². The lowest BCUT2D eigenvalue weighted by Gasteiger charge is -2.20. The van der Waals surface area contributed by atoms with Crippen molar-refractivity contribution in [3.05, 3.63) is 88.3 Å². The van der Waals surface area contributed by atoms with Gasteiger partial charge in [0, 0.05) is 35.5 Å². The van der Waals surface area contributed by atoms with Crippen LogP contribution >= 0.6 is 0 Å². The minimum Gasteiger partial charge on any atom is -0.401 e. The summed E-state index contributed by atoms with van der Waals surface area (Å²) in [5.74, 6) is -0.260. The number of aryl methyl sites for hydroxylation is 2. The first-order valence-electron chi connectivity index (χ1n) is 8.95. The summed E-state index contributed by atoms with van der Waals surface area (Å²) in [5.41, 5.74) is 13.4. The van der Waals surface area contributed by atoms with E-state index in [1.54, 1.807) is 6.92 Å². The van der Waals surface area contributed by atoms with Crippen LogP contribution in [0.3, 0.4) is 0 Å². The molecule has 0 spiro atoms. The van der Waals surface area contributed by atoms with Gasteiger partial charge in [0.05, 0.1) is 17.3 Å². The topological polar surface area (TPSA) is 67.6 Å². The predicted molar refractivity (Wildman–Crippen MR) is 109 cm³/mol. The van der Waals surface area contributed by atoms with E-state index >= 15 is 0 Å². The molecule has 0 bridgehead atoms. The molecule has 0 aliphatic heterocycles. The van der Waals surface area contributed by atoms with Crippen molar-refractivity contribution in [1.29, 1.82) is 5.26 Å². The average molecular weight is 356 g/mol. The van der Waals surface area contributed by atoms with E-state index in [9.17, 15) is 5.26 Å². The molecule has 3 rings (SSSR count). The second kappa shape index (κ2) is 7.51. The molecule has 2 aromatic carbocycles. The first kappa shape index (κ1) is 18.5. The van der Waals surface area contributed by atoms with Crippen LogP contribution in [0.4, 0.5) is 0 Å². The smallest absolute Gasteiger partial charge is 0.0975 e. The number of aromatic nitrogens is 2. The van der Waals surface area contributed by atoms with Crippen LogP contribution in [0.5, 0.6) is 0 Å². The van der Waals surface area contributed by atoms with Gasteiger partial charge in [0.25, 0.3) is 0 Å². The van der Waals surface area contributed by atoms with Gasteiger partial charge < -0.3 is 5.73 Å². The molecule has 0 aliphatic rings. The highest BCUT2D eigenvalue weighted by Gasteiger charge is 2.28. The molecule has 4 heteroatoms. The fourth-order valence-electron chi connectivity index (χ4n) is 3.40. The first-order chi connectivity index (χ1) is 12.9. The van der Waals surface area contributed by atoms with E-state index in [4.69, 9.17) is 10.8 Å². The highest BCUT2D eigenvalue weighted by atomic mass is 15.3. The van der Waals surface area contributed by atoms with E-state index in [1.165, 1.54) is 5.56 Å². The summed E-state index contributed by atoms with van der Waals surface area (Å²) in [4.78, 5) is 0. The van der Waals surface area contributed by atoms with E-state index < -0.39 is 0 Å². The van der Waals surface area contributed by atoms with E-state index in [0.717, 1.165) is 28.1 Å². The minimum atomic E-state index is -0.260. The van der Waals surface area contributed by atoms with Gasteiger partial charge in [-0.2, -0.15) is 10.4 Å². The normalized spacial score (nSPS) is 13.0. The zero-order valence-electron chi connectivity index (χ0n) is 16.2. The summed E-state index contributed by atoms with van der Waals surface area (Å²) in [7, 11) is 1.93. The van der Waals surface area contributed by atoms with Gasteiger partial charge in [-0.05, 0) is 26.3 Å². The molecule has 0 radical (unpaired) electrons. The highest BCUT2D eigenvalue weighted by molar-refractivity contribution is 5.68. The molecular formula is C23H24N4. The van der Waals surface area contributed by atoms with Crippen LogP contribution in [0.15, 0.2) is 65.9 Å². The van der Waals surface area contributed by atoms with Crippen molar-refractivity contribution in [2.45, 2.75) is 26.7 Å². The Morgan fingerprint density at radius 3 is 2.26 bits per heavy atom. The van der Waals surface area contributed by atoms with Crippen molar-refractivity contribution in [2.24, 2.45) is 12.8 Å². The summed E-state index contributed by atoms with van der Waals surface area (Å²) < 4.78 is 1.87. The number of rotatable bonds is 4. The monoisotopic (exact) mass is 356 g/mol.